The van der Waals surface area contributed by atoms with Gasteiger partial charge in [0.1, 0.15) is 11.5 Å². The van der Waals surface area contributed by atoms with Crippen LogP contribution in [-0.4, -0.2) is 14.2 Å². The Morgan fingerprint density at radius 2 is 1.79 bits per heavy atom. The van der Waals surface area contributed by atoms with Gasteiger partial charge in [-0.1, -0.05) is 18.2 Å². The van der Waals surface area contributed by atoms with E-state index >= 15 is 0 Å². The molecule has 0 unspecified atom stereocenters. The molecule has 0 aliphatic heterocycles. The molecule has 0 aliphatic rings. The molecule has 2 rings (SSSR count). The monoisotopic (exact) mass is 274 g/mol. The topological polar surface area (TPSA) is 18.5 Å². The van der Waals surface area contributed by atoms with E-state index in [1.165, 1.54) is 16.0 Å². The number of methoxy groups -OCH3 is 2. The molecule has 1 aromatic heterocycles. The molecule has 0 N–H and O–H groups in total. The Morgan fingerprint density at radius 3 is 2.37 bits per heavy atom. The van der Waals surface area contributed by atoms with Crippen LogP contribution in [0.3, 0.4) is 0 Å². The van der Waals surface area contributed by atoms with E-state index in [-0.39, 0.29) is 0 Å². The quantitative estimate of drug-likeness (QED) is 0.809. The Morgan fingerprint density at radius 1 is 1.11 bits per heavy atom. The van der Waals surface area contributed by atoms with Crippen LogP contribution in [0, 0.1) is 6.92 Å². The van der Waals surface area contributed by atoms with Gasteiger partial charge in [0.15, 0.2) is 0 Å². The third-order valence-electron chi connectivity index (χ3n) is 3.05. The van der Waals surface area contributed by atoms with Crippen LogP contribution >= 0.6 is 11.3 Å². The second-order valence-corrected chi connectivity index (χ2v) is 5.42. The Labute approximate surface area is 118 Å². The largest absolute Gasteiger partial charge is 0.497 e. The van der Waals surface area contributed by atoms with Crippen LogP contribution in [0.2, 0.25) is 0 Å². The molecule has 3 heteroatoms. The maximum atomic E-state index is 5.41. The molecule has 19 heavy (non-hydrogen) atoms. The molecule has 0 bridgehead atoms. The molecule has 0 atom stereocenters. The van der Waals surface area contributed by atoms with Gasteiger partial charge in [-0.15, -0.1) is 11.3 Å². The minimum atomic E-state index is 0.874. The van der Waals surface area contributed by atoms with Crippen LogP contribution < -0.4 is 9.47 Å². The predicted octanol–water partition coefficient (Wildman–Crippen LogP) is 4.63. The van der Waals surface area contributed by atoms with Crippen LogP contribution in [-0.2, 0) is 0 Å². The molecule has 1 heterocycles. The van der Waals surface area contributed by atoms with E-state index in [9.17, 15) is 0 Å². The van der Waals surface area contributed by atoms with E-state index < -0.39 is 0 Å². The Bertz CT molecular complexity index is 579. The van der Waals surface area contributed by atoms with E-state index in [1.54, 1.807) is 25.6 Å². The lowest BCUT2D eigenvalue weighted by Crippen LogP contribution is -1.87. The minimum Gasteiger partial charge on any atom is -0.497 e. The average molecular weight is 274 g/mol. The maximum absolute atomic E-state index is 5.41. The minimum absolute atomic E-state index is 0.874. The van der Waals surface area contributed by atoms with Crippen molar-refractivity contribution < 1.29 is 9.47 Å². The van der Waals surface area contributed by atoms with E-state index in [4.69, 9.17) is 9.47 Å². The highest BCUT2D eigenvalue weighted by atomic mass is 32.1. The molecule has 2 aromatic rings. The maximum Gasteiger partial charge on any atom is 0.137 e. The predicted molar refractivity (Wildman–Crippen MR) is 82.1 cm³/mol. The molecule has 0 saturated heterocycles. The Kier molecular flexibility index (Phi) is 4.27. The SMILES string of the molecule is COc1ccc(C=C(C)c2c(OC)csc2C)cc1. The van der Waals surface area contributed by atoms with Crippen LogP contribution in [0.1, 0.15) is 22.9 Å². The molecular weight excluding hydrogens is 256 g/mol. The number of hydrogen-bond donors (Lipinski definition) is 0. The average Bonchev–Trinajstić information content (AvgIpc) is 2.80. The van der Waals surface area contributed by atoms with Gasteiger partial charge >= 0.3 is 0 Å². The molecule has 0 saturated carbocycles. The Hall–Kier alpha value is -1.74. The molecule has 0 spiro atoms. The summed E-state index contributed by atoms with van der Waals surface area (Å²) in [5.41, 5.74) is 3.56. The number of hydrogen-bond acceptors (Lipinski definition) is 3. The molecule has 100 valence electrons. The van der Waals surface area contributed by atoms with E-state index in [1.807, 2.05) is 12.1 Å². The lowest BCUT2D eigenvalue weighted by Gasteiger charge is -2.06. The van der Waals surface area contributed by atoms with Crippen LogP contribution in [0.4, 0.5) is 0 Å². The van der Waals surface area contributed by atoms with Crippen molar-refractivity contribution in [3.8, 4) is 11.5 Å². The van der Waals surface area contributed by atoms with E-state index in [0.717, 1.165) is 17.1 Å². The van der Waals surface area contributed by atoms with Crippen molar-refractivity contribution >= 4 is 23.0 Å². The standard InChI is InChI=1S/C16H18O2S/c1-11(16-12(2)19-10-15(16)18-4)9-13-5-7-14(17-3)8-6-13/h5-10H,1-4H3. The summed E-state index contributed by atoms with van der Waals surface area (Å²) < 4.78 is 10.6. The second kappa shape index (κ2) is 5.93. The van der Waals surface area contributed by atoms with E-state index in [2.05, 4.69) is 37.4 Å². The van der Waals surface area contributed by atoms with Crippen molar-refractivity contribution in [1.29, 1.82) is 0 Å². The normalized spacial score (nSPS) is 11.5. The van der Waals surface area contributed by atoms with Crippen molar-refractivity contribution in [2.75, 3.05) is 14.2 Å². The van der Waals surface area contributed by atoms with Crippen LogP contribution in [0.15, 0.2) is 29.6 Å². The zero-order chi connectivity index (χ0) is 13.8. The highest BCUT2D eigenvalue weighted by molar-refractivity contribution is 7.10. The van der Waals surface area contributed by atoms with Gasteiger partial charge in [-0.05, 0) is 37.1 Å². The molecule has 0 amide bonds. The van der Waals surface area contributed by atoms with Crippen molar-refractivity contribution in [2.45, 2.75) is 13.8 Å². The first-order valence-electron chi connectivity index (χ1n) is 6.10. The molecule has 2 nitrogen and oxygen atoms in total. The third-order valence-corrected chi connectivity index (χ3v) is 3.94. The van der Waals surface area contributed by atoms with Gasteiger partial charge in [0.25, 0.3) is 0 Å². The van der Waals surface area contributed by atoms with Crippen molar-refractivity contribution in [3.63, 3.8) is 0 Å². The summed E-state index contributed by atoms with van der Waals surface area (Å²) in [6, 6.07) is 8.04. The fourth-order valence-electron chi connectivity index (χ4n) is 2.08. The van der Waals surface area contributed by atoms with Crippen molar-refractivity contribution in [3.05, 3.63) is 45.6 Å². The summed E-state index contributed by atoms with van der Waals surface area (Å²) in [7, 11) is 3.39. The molecular formula is C16H18O2S. The fraction of sp³-hybridized carbons (Fsp3) is 0.250. The fourth-order valence-corrected chi connectivity index (χ4v) is 2.96. The number of ether oxygens (including phenoxy) is 2. The van der Waals surface area contributed by atoms with Crippen molar-refractivity contribution in [2.24, 2.45) is 0 Å². The first kappa shape index (κ1) is 13.7. The summed E-state index contributed by atoms with van der Waals surface area (Å²) in [4.78, 5) is 1.28. The van der Waals surface area contributed by atoms with Gasteiger partial charge in [-0.2, -0.15) is 0 Å². The Balaban J connectivity index is 2.33. The summed E-state index contributed by atoms with van der Waals surface area (Å²) in [6.07, 6.45) is 2.16. The van der Waals surface area contributed by atoms with Crippen LogP contribution in [0.5, 0.6) is 11.5 Å². The molecule has 0 radical (unpaired) electrons. The lowest BCUT2D eigenvalue weighted by atomic mass is 10.0. The van der Waals surface area contributed by atoms with Gasteiger partial charge in [-0.3, -0.25) is 0 Å². The number of allylic oxidation sites excluding steroid dienone is 1. The second-order valence-electron chi connectivity index (χ2n) is 4.34. The lowest BCUT2D eigenvalue weighted by molar-refractivity contribution is 0.414. The van der Waals surface area contributed by atoms with Crippen LogP contribution in [0.25, 0.3) is 11.6 Å². The first-order chi connectivity index (χ1) is 9.15. The van der Waals surface area contributed by atoms with Crippen molar-refractivity contribution in [1.82, 2.24) is 0 Å². The number of benzene rings is 1. The van der Waals surface area contributed by atoms with Gasteiger partial charge in [0, 0.05) is 15.8 Å². The van der Waals surface area contributed by atoms with Gasteiger partial charge in [-0.25, -0.2) is 0 Å². The number of aryl methyl sites for hydroxylation is 1. The number of thiophene rings is 1. The summed E-state index contributed by atoms with van der Waals surface area (Å²) in [5, 5.41) is 2.05. The summed E-state index contributed by atoms with van der Waals surface area (Å²) in [5.74, 6) is 1.82. The molecule has 0 fully saturated rings. The molecule has 0 aliphatic carbocycles. The van der Waals surface area contributed by atoms with Gasteiger partial charge < -0.3 is 9.47 Å². The highest BCUT2D eigenvalue weighted by Crippen LogP contribution is 2.35. The summed E-state index contributed by atoms with van der Waals surface area (Å²) >= 11 is 1.71. The van der Waals surface area contributed by atoms with Gasteiger partial charge in [0.05, 0.1) is 14.2 Å². The smallest absolute Gasteiger partial charge is 0.137 e. The number of rotatable bonds is 4. The summed E-state index contributed by atoms with van der Waals surface area (Å²) in [6.45, 7) is 4.23. The third kappa shape index (κ3) is 2.99. The molecule has 1 aromatic carbocycles. The zero-order valence-electron chi connectivity index (χ0n) is 11.7. The first-order valence-corrected chi connectivity index (χ1v) is 6.98. The zero-order valence-corrected chi connectivity index (χ0v) is 12.5. The van der Waals surface area contributed by atoms with E-state index in [0.29, 0.717) is 0 Å². The highest BCUT2D eigenvalue weighted by Gasteiger charge is 2.10. The van der Waals surface area contributed by atoms with Gasteiger partial charge in [0.2, 0.25) is 0 Å².